The Bertz CT molecular complexity index is 674. The van der Waals surface area contributed by atoms with Crippen molar-refractivity contribution in [3.63, 3.8) is 0 Å². The summed E-state index contributed by atoms with van der Waals surface area (Å²) >= 11 is 0. The number of hydrogen-bond donors (Lipinski definition) is 1. The second-order valence-corrected chi connectivity index (χ2v) is 5.78. The van der Waals surface area contributed by atoms with Crippen LogP contribution < -0.4 is 10.1 Å². The zero-order valence-electron chi connectivity index (χ0n) is 13.1. The molecule has 0 spiro atoms. The smallest absolute Gasteiger partial charge is 0.334 e. The highest BCUT2D eigenvalue weighted by Gasteiger charge is 2.23. The van der Waals surface area contributed by atoms with E-state index in [-0.39, 0.29) is 11.8 Å². The van der Waals surface area contributed by atoms with Gasteiger partial charge in [0.05, 0.1) is 0 Å². The van der Waals surface area contributed by atoms with Gasteiger partial charge in [0.1, 0.15) is 11.8 Å². The van der Waals surface area contributed by atoms with E-state index in [1.807, 2.05) is 50.2 Å². The largest absolute Gasteiger partial charge is 0.424 e. The van der Waals surface area contributed by atoms with Crippen LogP contribution in [-0.4, -0.2) is 17.9 Å². The normalized spacial score (nSPS) is 12.2. The molecule has 1 atom stereocenters. The van der Waals surface area contributed by atoms with Crippen molar-refractivity contribution < 1.29 is 14.3 Å². The summed E-state index contributed by atoms with van der Waals surface area (Å²) in [7, 11) is 0. The number of hydrogen-bond acceptors (Lipinski definition) is 3. The SMILES string of the molecule is CC(=O)NC(CC(C)C)C(=O)Oc1cccc2ccccc12. The summed E-state index contributed by atoms with van der Waals surface area (Å²) < 4.78 is 5.54. The summed E-state index contributed by atoms with van der Waals surface area (Å²) in [5.74, 6) is 0.125. The third kappa shape index (κ3) is 4.07. The quantitative estimate of drug-likeness (QED) is 0.681. The highest BCUT2D eigenvalue weighted by molar-refractivity contribution is 5.92. The molecule has 0 saturated heterocycles. The number of benzene rings is 2. The lowest BCUT2D eigenvalue weighted by Crippen LogP contribution is -2.42. The van der Waals surface area contributed by atoms with Gasteiger partial charge in [-0.2, -0.15) is 0 Å². The summed E-state index contributed by atoms with van der Waals surface area (Å²) in [6.45, 7) is 5.40. The second-order valence-electron chi connectivity index (χ2n) is 5.78. The van der Waals surface area contributed by atoms with Crippen LogP contribution in [0.4, 0.5) is 0 Å². The van der Waals surface area contributed by atoms with Crippen LogP contribution in [-0.2, 0) is 9.59 Å². The van der Waals surface area contributed by atoms with Gasteiger partial charge in [0.15, 0.2) is 0 Å². The number of carbonyl (C=O) groups excluding carboxylic acids is 2. The maximum atomic E-state index is 12.4. The Hall–Kier alpha value is -2.36. The lowest BCUT2D eigenvalue weighted by molar-refractivity contribution is -0.139. The molecule has 1 unspecified atom stereocenters. The van der Waals surface area contributed by atoms with E-state index in [1.165, 1.54) is 6.92 Å². The van der Waals surface area contributed by atoms with Gasteiger partial charge in [0, 0.05) is 12.3 Å². The summed E-state index contributed by atoms with van der Waals surface area (Å²) in [6, 6.07) is 12.7. The fourth-order valence-electron chi connectivity index (χ4n) is 2.40. The van der Waals surface area contributed by atoms with Crippen molar-refractivity contribution in [2.75, 3.05) is 0 Å². The molecule has 4 nitrogen and oxygen atoms in total. The molecule has 0 aliphatic heterocycles. The van der Waals surface area contributed by atoms with Gasteiger partial charge in [-0.1, -0.05) is 50.2 Å². The van der Waals surface area contributed by atoms with Gasteiger partial charge in [-0.15, -0.1) is 0 Å². The predicted octanol–water partition coefficient (Wildman–Crippen LogP) is 3.30. The molecule has 0 saturated carbocycles. The standard InChI is InChI=1S/C18H21NO3/c1-12(2)11-16(19-13(3)20)18(21)22-17-10-6-8-14-7-4-5-9-15(14)17/h4-10,12,16H,11H2,1-3H3,(H,19,20). The fourth-order valence-corrected chi connectivity index (χ4v) is 2.40. The Morgan fingerprint density at radius 1 is 1.09 bits per heavy atom. The minimum absolute atomic E-state index is 0.236. The van der Waals surface area contributed by atoms with Crippen molar-refractivity contribution in [1.29, 1.82) is 0 Å². The molecular weight excluding hydrogens is 278 g/mol. The van der Waals surface area contributed by atoms with E-state index in [2.05, 4.69) is 5.32 Å². The van der Waals surface area contributed by atoms with Crippen LogP contribution >= 0.6 is 0 Å². The molecule has 0 radical (unpaired) electrons. The number of fused-ring (bicyclic) bond motifs is 1. The van der Waals surface area contributed by atoms with Crippen LogP contribution in [0.15, 0.2) is 42.5 Å². The van der Waals surface area contributed by atoms with Gasteiger partial charge in [0.25, 0.3) is 0 Å². The monoisotopic (exact) mass is 299 g/mol. The summed E-state index contributed by atoms with van der Waals surface area (Å²) in [4.78, 5) is 23.7. The average molecular weight is 299 g/mol. The van der Waals surface area contributed by atoms with Gasteiger partial charge in [0.2, 0.25) is 5.91 Å². The van der Waals surface area contributed by atoms with Crippen molar-refractivity contribution in [3.05, 3.63) is 42.5 Å². The molecule has 0 fully saturated rings. The topological polar surface area (TPSA) is 55.4 Å². The molecule has 2 rings (SSSR count). The molecule has 0 aliphatic rings. The lowest BCUT2D eigenvalue weighted by atomic mass is 10.0. The molecule has 1 N–H and O–H groups in total. The van der Waals surface area contributed by atoms with Gasteiger partial charge in [-0.25, -0.2) is 4.79 Å². The average Bonchev–Trinajstić information content (AvgIpc) is 2.46. The van der Waals surface area contributed by atoms with Crippen LogP contribution in [0.1, 0.15) is 27.2 Å². The van der Waals surface area contributed by atoms with E-state index in [0.717, 1.165) is 10.8 Å². The Balaban J connectivity index is 2.22. The van der Waals surface area contributed by atoms with Crippen LogP contribution in [0.2, 0.25) is 0 Å². The molecule has 2 aromatic rings. The zero-order valence-corrected chi connectivity index (χ0v) is 13.1. The van der Waals surface area contributed by atoms with E-state index in [4.69, 9.17) is 4.74 Å². The van der Waals surface area contributed by atoms with Crippen LogP contribution in [0, 0.1) is 5.92 Å². The number of carbonyl (C=O) groups is 2. The first-order valence-electron chi connectivity index (χ1n) is 7.44. The molecule has 0 aliphatic carbocycles. The van der Waals surface area contributed by atoms with Crippen molar-refractivity contribution >= 4 is 22.6 Å². The summed E-state index contributed by atoms with van der Waals surface area (Å²) in [5.41, 5.74) is 0. The van der Waals surface area contributed by atoms with E-state index in [9.17, 15) is 9.59 Å². The number of esters is 1. The second kappa shape index (κ2) is 7.07. The Kier molecular flexibility index (Phi) is 5.15. The lowest BCUT2D eigenvalue weighted by Gasteiger charge is -2.19. The first-order chi connectivity index (χ1) is 10.5. The van der Waals surface area contributed by atoms with Crippen molar-refractivity contribution in [1.82, 2.24) is 5.32 Å². The first-order valence-corrected chi connectivity index (χ1v) is 7.44. The minimum atomic E-state index is -0.628. The Morgan fingerprint density at radius 3 is 2.45 bits per heavy atom. The predicted molar refractivity (Wildman–Crippen MR) is 86.6 cm³/mol. The zero-order chi connectivity index (χ0) is 16.1. The molecule has 116 valence electrons. The molecule has 4 heteroatoms. The van der Waals surface area contributed by atoms with Crippen molar-refractivity contribution in [3.8, 4) is 5.75 Å². The third-order valence-electron chi connectivity index (χ3n) is 3.33. The fraction of sp³-hybridized carbons (Fsp3) is 0.333. The van der Waals surface area contributed by atoms with Gasteiger partial charge < -0.3 is 10.1 Å². The number of nitrogens with one attached hydrogen (secondary N) is 1. The van der Waals surface area contributed by atoms with Crippen molar-refractivity contribution in [2.24, 2.45) is 5.92 Å². The molecule has 22 heavy (non-hydrogen) atoms. The highest BCUT2D eigenvalue weighted by Crippen LogP contribution is 2.25. The van der Waals surface area contributed by atoms with Gasteiger partial charge in [-0.3, -0.25) is 4.79 Å². The van der Waals surface area contributed by atoms with E-state index >= 15 is 0 Å². The van der Waals surface area contributed by atoms with Crippen LogP contribution in [0.3, 0.4) is 0 Å². The maximum absolute atomic E-state index is 12.4. The number of amides is 1. The third-order valence-corrected chi connectivity index (χ3v) is 3.33. The van der Waals surface area contributed by atoms with Crippen LogP contribution in [0.5, 0.6) is 5.75 Å². The molecule has 0 heterocycles. The van der Waals surface area contributed by atoms with E-state index < -0.39 is 12.0 Å². The molecule has 1 amide bonds. The van der Waals surface area contributed by atoms with Crippen molar-refractivity contribution in [2.45, 2.75) is 33.2 Å². The Morgan fingerprint density at radius 2 is 1.77 bits per heavy atom. The summed E-state index contributed by atoms with van der Waals surface area (Å²) in [5, 5.41) is 4.55. The van der Waals surface area contributed by atoms with E-state index in [0.29, 0.717) is 12.2 Å². The first kappa shape index (κ1) is 16.0. The molecule has 2 aromatic carbocycles. The minimum Gasteiger partial charge on any atom is -0.424 e. The molecular formula is C18H21NO3. The number of rotatable bonds is 5. The Labute approximate surface area is 130 Å². The number of ether oxygens (including phenoxy) is 1. The van der Waals surface area contributed by atoms with Gasteiger partial charge >= 0.3 is 5.97 Å². The molecule has 0 bridgehead atoms. The highest BCUT2D eigenvalue weighted by atomic mass is 16.5. The van der Waals surface area contributed by atoms with E-state index in [1.54, 1.807) is 6.07 Å². The molecule has 0 aromatic heterocycles. The van der Waals surface area contributed by atoms with Crippen LogP contribution in [0.25, 0.3) is 10.8 Å². The van der Waals surface area contributed by atoms with Gasteiger partial charge in [-0.05, 0) is 23.8 Å². The maximum Gasteiger partial charge on any atom is 0.334 e. The summed E-state index contributed by atoms with van der Waals surface area (Å²) in [6.07, 6.45) is 0.545.